The summed E-state index contributed by atoms with van der Waals surface area (Å²) in [5.41, 5.74) is -0.110. The lowest BCUT2D eigenvalue weighted by atomic mass is 9.94. The van der Waals surface area contributed by atoms with Gasteiger partial charge < -0.3 is 5.11 Å². The molecule has 0 saturated carbocycles. The van der Waals surface area contributed by atoms with Gasteiger partial charge in [-0.25, -0.2) is 4.68 Å². The van der Waals surface area contributed by atoms with E-state index in [2.05, 4.69) is 54.0 Å². The standard InChI is InChI=1S/C12H12BrIN4O2/c1-12(2,11(19)20)6-18-10(15-16-17-18)8-5-7(14)3-4-9(8)13/h3-5H,6H2,1-2H3,(H,19,20). The fraction of sp³-hybridized carbons (Fsp3) is 0.333. The van der Waals surface area contributed by atoms with Crippen LogP contribution in [0, 0.1) is 8.99 Å². The summed E-state index contributed by atoms with van der Waals surface area (Å²) in [6, 6.07) is 5.82. The number of carboxylic acid groups (broad SMARTS) is 1. The van der Waals surface area contributed by atoms with Crippen LogP contribution >= 0.6 is 38.5 Å². The summed E-state index contributed by atoms with van der Waals surface area (Å²) >= 11 is 5.67. The highest BCUT2D eigenvalue weighted by Crippen LogP contribution is 2.29. The van der Waals surface area contributed by atoms with Crippen molar-refractivity contribution in [1.29, 1.82) is 0 Å². The Morgan fingerprint density at radius 3 is 2.85 bits per heavy atom. The van der Waals surface area contributed by atoms with Crippen molar-refractivity contribution in [3.05, 3.63) is 26.2 Å². The minimum atomic E-state index is -0.946. The Hall–Kier alpha value is -1.03. The van der Waals surface area contributed by atoms with Gasteiger partial charge in [-0.15, -0.1) is 5.10 Å². The number of halogens is 2. The van der Waals surface area contributed by atoms with E-state index in [-0.39, 0.29) is 6.54 Å². The van der Waals surface area contributed by atoms with Crippen molar-refractivity contribution in [2.75, 3.05) is 0 Å². The minimum absolute atomic E-state index is 0.197. The highest BCUT2D eigenvalue weighted by Gasteiger charge is 2.30. The second-order valence-electron chi connectivity index (χ2n) is 4.97. The van der Waals surface area contributed by atoms with Crippen LogP contribution < -0.4 is 0 Å². The number of nitrogens with zero attached hydrogens (tertiary/aromatic N) is 4. The predicted octanol–water partition coefficient (Wildman–Crippen LogP) is 2.82. The molecule has 0 radical (unpaired) electrons. The van der Waals surface area contributed by atoms with E-state index in [4.69, 9.17) is 0 Å². The number of aliphatic carboxylic acids is 1. The fourth-order valence-electron chi connectivity index (χ4n) is 1.61. The second-order valence-corrected chi connectivity index (χ2v) is 7.07. The summed E-state index contributed by atoms with van der Waals surface area (Å²) in [7, 11) is 0. The molecule has 1 heterocycles. The molecular weight excluding hydrogens is 439 g/mol. The molecule has 2 aromatic rings. The van der Waals surface area contributed by atoms with Gasteiger partial charge in [0.15, 0.2) is 5.82 Å². The quantitative estimate of drug-likeness (QED) is 0.724. The van der Waals surface area contributed by atoms with Gasteiger partial charge in [-0.2, -0.15) is 0 Å². The smallest absolute Gasteiger partial charge is 0.310 e. The highest BCUT2D eigenvalue weighted by atomic mass is 127. The Balaban J connectivity index is 2.43. The van der Waals surface area contributed by atoms with E-state index in [1.54, 1.807) is 13.8 Å². The topological polar surface area (TPSA) is 80.9 Å². The van der Waals surface area contributed by atoms with Gasteiger partial charge in [0, 0.05) is 13.6 Å². The molecule has 0 amide bonds. The van der Waals surface area contributed by atoms with Crippen molar-refractivity contribution in [2.45, 2.75) is 20.4 Å². The van der Waals surface area contributed by atoms with Gasteiger partial charge in [0.25, 0.3) is 0 Å². The average Bonchev–Trinajstić information content (AvgIpc) is 2.79. The summed E-state index contributed by atoms with van der Waals surface area (Å²) in [6.45, 7) is 3.48. The molecule has 106 valence electrons. The van der Waals surface area contributed by atoms with Gasteiger partial charge >= 0.3 is 5.97 Å². The summed E-state index contributed by atoms with van der Waals surface area (Å²) in [5.74, 6) is -0.342. The third-order valence-electron chi connectivity index (χ3n) is 2.83. The van der Waals surface area contributed by atoms with Crippen LogP contribution in [0.5, 0.6) is 0 Å². The normalized spacial score (nSPS) is 11.6. The zero-order chi connectivity index (χ0) is 14.9. The highest BCUT2D eigenvalue weighted by molar-refractivity contribution is 14.1. The largest absolute Gasteiger partial charge is 0.481 e. The van der Waals surface area contributed by atoms with Gasteiger partial charge in [0.2, 0.25) is 0 Å². The molecule has 20 heavy (non-hydrogen) atoms. The van der Waals surface area contributed by atoms with Crippen LogP contribution in [-0.4, -0.2) is 31.3 Å². The van der Waals surface area contributed by atoms with Crippen molar-refractivity contribution >= 4 is 44.5 Å². The average molecular weight is 451 g/mol. The first-order valence-corrected chi connectivity index (χ1v) is 7.63. The van der Waals surface area contributed by atoms with Crippen molar-refractivity contribution in [3.8, 4) is 11.4 Å². The van der Waals surface area contributed by atoms with E-state index in [1.807, 2.05) is 18.2 Å². The Morgan fingerprint density at radius 2 is 2.20 bits per heavy atom. The van der Waals surface area contributed by atoms with Crippen LogP contribution in [-0.2, 0) is 11.3 Å². The fourth-order valence-corrected chi connectivity index (χ4v) is 2.53. The first-order chi connectivity index (χ1) is 9.31. The van der Waals surface area contributed by atoms with Crippen LogP contribution in [0.2, 0.25) is 0 Å². The van der Waals surface area contributed by atoms with Gasteiger partial charge in [0.1, 0.15) is 0 Å². The van der Waals surface area contributed by atoms with Crippen molar-refractivity contribution in [2.24, 2.45) is 5.41 Å². The lowest BCUT2D eigenvalue weighted by Crippen LogP contribution is -2.30. The molecule has 6 nitrogen and oxygen atoms in total. The third-order valence-corrected chi connectivity index (χ3v) is 4.19. The summed E-state index contributed by atoms with van der Waals surface area (Å²) < 4.78 is 3.43. The number of hydrogen-bond acceptors (Lipinski definition) is 4. The number of aromatic nitrogens is 4. The predicted molar refractivity (Wildman–Crippen MR) is 85.1 cm³/mol. The number of benzene rings is 1. The first-order valence-electron chi connectivity index (χ1n) is 5.76. The summed E-state index contributed by atoms with van der Waals surface area (Å²) in [5, 5.41) is 20.8. The van der Waals surface area contributed by atoms with Crippen LogP contribution in [0.3, 0.4) is 0 Å². The lowest BCUT2D eigenvalue weighted by molar-refractivity contribution is -0.147. The monoisotopic (exact) mass is 450 g/mol. The van der Waals surface area contributed by atoms with E-state index in [0.717, 1.165) is 13.6 Å². The molecule has 0 unspecified atom stereocenters. The SMILES string of the molecule is CC(C)(Cn1nnnc1-c1cc(I)ccc1Br)C(=O)O. The van der Waals surface area contributed by atoms with Gasteiger partial charge in [0.05, 0.1) is 12.0 Å². The van der Waals surface area contributed by atoms with E-state index >= 15 is 0 Å². The molecule has 2 rings (SSSR count). The Morgan fingerprint density at radius 1 is 1.50 bits per heavy atom. The van der Waals surface area contributed by atoms with Crippen molar-refractivity contribution < 1.29 is 9.90 Å². The van der Waals surface area contributed by atoms with Gasteiger partial charge in [-0.3, -0.25) is 4.79 Å². The molecule has 0 aliphatic carbocycles. The molecule has 1 aromatic heterocycles. The van der Waals surface area contributed by atoms with Crippen LogP contribution in [0.4, 0.5) is 0 Å². The number of tetrazole rings is 1. The molecule has 8 heteroatoms. The van der Waals surface area contributed by atoms with Gasteiger partial charge in [-0.1, -0.05) is 15.9 Å². The molecule has 0 spiro atoms. The maximum atomic E-state index is 11.2. The molecule has 1 N–H and O–H groups in total. The second kappa shape index (κ2) is 5.76. The van der Waals surface area contributed by atoms with Crippen LogP contribution in [0.1, 0.15) is 13.8 Å². The van der Waals surface area contributed by atoms with E-state index < -0.39 is 11.4 Å². The van der Waals surface area contributed by atoms with E-state index in [1.165, 1.54) is 4.68 Å². The van der Waals surface area contributed by atoms with E-state index in [0.29, 0.717) is 5.82 Å². The number of carbonyl (C=O) groups is 1. The number of hydrogen-bond donors (Lipinski definition) is 1. The molecule has 0 aliphatic heterocycles. The molecule has 0 saturated heterocycles. The zero-order valence-electron chi connectivity index (χ0n) is 10.8. The maximum absolute atomic E-state index is 11.2. The minimum Gasteiger partial charge on any atom is -0.481 e. The Kier molecular flexibility index (Phi) is 4.43. The van der Waals surface area contributed by atoms with Crippen LogP contribution in [0.15, 0.2) is 22.7 Å². The van der Waals surface area contributed by atoms with Crippen LogP contribution in [0.25, 0.3) is 11.4 Å². The third kappa shape index (κ3) is 3.17. The lowest BCUT2D eigenvalue weighted by Gasteiger charge is -2.19. The molecule has 1 aromatic carbocycles. The molecule has 0 bridgehead atoms. The van der Waals surface area contributed by atoms with Gasteiger partial charge in [-0.05, 0) is 65.1 Å². The van der Waals surface area contributed by atoms with E-state index in [9.17, 15) is 9.90 Å². The summed E-state index contributed by atoms with van der Waals surface area (Å²) in [4.78, 5) is 11.2. The number of rotatable bonds is 4. The Bertz CT molecular complexity index is 657. The molecular formula is C12H12BrIN4O2. The van der Waals surface area contributed by atoms with Crippen molar-refractivity contribution in [1.82, 2.24) is 20.2 Å². The van der Waals surface area contributed by atoms with Crippen molar-refractivity contribution in [3.63, 3.8) is 0 Å². The summed E-state index contributed by atoms with van der Waals surface area (Å²) in [6.07, 6.45) is 0. The molecule has 0 aliphatic rings. The Labute approximate surface area is 137 Å². The molecule has 0 fully saturated rings. The zero-order valence-corrected chi connectivity index (χ0v) is 14.6. The molecule has 0 atom stereocenters. The maximum Gasteiger partial charge on any atom is 0.310 e. The number of carboxylic acids is 1. The first kappa shape index (κ1) is 15.4.